The van der Waals surface area contributed by atoms with Crippen molar-refractivity contribution in [1.29, 1.82) is 0 Å². The van der Waals surface area contributed by atoms with Crippen LogP contribution in [0.5, 0.6) is 5.75 Å². The maximum Gasteiger partial charge on any atom is 0.134 e. The molecule has 0 amide bonds. The molecule has 0 aliphatic heterocycles. The van der Waals surface area contributed by atoms with Crippen molar-refractivity contribution >= 4 is 11.4 Å². The molecule has 0 heterocycles. The first-order chi connectivity index (χ1) is 8.69. The summed E-state index contributed by atoms with van der Waals surface area (Å²) in [6, 6.07) is 6.65. The quantitative estimate of drug-likeness (QED) is 0.479. The molecule has 0 spiro atoms. The molecule has 1 N–H and O–H groups in total. The third-order valence-electron chi connectivity index (χ3n) is 2.16. The minimum atomic E-state index is 0.201. The van der Waals surface area contributed by atoms with E-state index in [1.54, 1.807) is 31.2 Å². The molecule has 0 aliphatic carbocycles. The largest absolute Gasteiger partial charge is 0.508 e. The maximum absolute atomic E-state index is 9.25. The predicted octanol–water partition coefficient (Wildman–Crippen LogP) is 2.55. The van der Waals surface area contributed by atoms with Gasteiger partial charge in [0.2, 0.25) is 0 Å². The van der Waals surface area contributed by atoms with Crippen molar-refractivity contribution in [3.8, 4) is 5.75 Å². The van der Waals surface area contributed by atoms with Gasteiger partial charge in [-0.05, 0) is 37.6 Å². The first-order valence-corrected chi connectivity index (χ1v) is 5.76. The number of nitrogens with zero attached hydrogens (tertiary/aromatic N) is 2. The summed E-state index contributed by atoms with van der Waals surface area (Å²) in [5.74, 6) is 0.201. The Hall–Kier alpha value is -2.04. The second-order valence-corrected chi connectivity index (χ2v) is 3.68. The fourth-order valence-corrected chi connectivity index (χ4v) is 1.32. The average Bonchev–Trinajstić information content (AvgIpc) is 2.37. The molecule has 1 aromatic carbocycles. The van der Waals surface area contributed by atoms with Gasteiger partial charge in [0.05, 0.1) is 0 Å². The molecule has 0 fully saturated rings. The van der Waals surface area contributed by atoms with Crippen molar-refractivity contribution in [2.75, 3.05) is 13.7 Å². The van der Waals surface area contributed by atoms with Crippen LogP contribution in [0, 0.1) is 0 Å². The van der Waals surface area contributed by atoms with Crippen LogP contribution in [0.4, 0.5) is 0 Å². The molecule has 0 saturated carbocycles. The normalized spacial score (nSPS) is 12.4. The number of phenolic OH excluding ortho intramolecular Hbond substituents is 1. The van der Waals surface area contributed by atoms with Gasteiger partial charge in [0, 0.05) is 5.56 Å². The average molecular weight is 250 g/mol. The van der Waals surface area contributed by atoms with Crippen LogP contribution in [0.2, 0.25) is 0 Å². The van der Waals surface area contributed by atoms with Gasteiger partial charge in [-0.15, -0.1) is 0 Å². The second-order valence-electron chi connectivity index (χ2n) is 3.68. The highest BCUT2D eigenvalue weighted by Crippen LogP contribution is 2.11. The lowest BCUT2D eigenvalue weighted by atomic mass is 10.1. The van der Waals surface area contributed by atoms with E-state index in [0.717, 1.165) is 12.0 Å². The van der Waals surface area contributed by atoms with Crippen LogP contribution in [-0.2, 0) is 9.68 Å². The third-order valence-corrected chi connectivity index (χ3v) is 2.16. The minimum absolute atomic E-state index is 0.201. The Kier molecular flexibility index (Phi) is 5.70. The van der Waals surface area contributed by atoms with Crippen LogP contribution in [0.25, 0.3) is 0 Å². The van der Waals surface area contributed by atoms with Gasteiger partial charge in [-0.25, -0.2) is 0 Å². The van der Waals surface area contributed by atoms with Crippen LogP contribution >= 0.6 is 0 Å². The Morgan fingerprint density at radius 2 is 1.89 bits per heavy atom. The summed E-state index contributed by atoms with van der Waals surface area (Å²) < 4.78 is 0. The monoisotopic (exact) mass is 250 g/mol. The zero-order chi connectivity index (χ0) is 13.4. The lowest BCUT2D eigenvalue weighted by molar-refractivity contribution is 0.145. The highest BCUT2D eigenvalue weighted by molar-refractivity contribution is 6.47. The van der Waals surface area contributed by atoms with Crippen LogP contribution in [0.1, 0.15) is 25.8 Å². The van der Waals surface area contributed by atoms with E-state index < -0.39 is 0 Å². The van der Waals surface area contributed by atoms with Crippen molar-refractivity contribution in [1.82, 2.24) is 0 Å². The van der Waals surface area contributed by atoms with Gasteiger partial charge in [0.1, 0.15) is 30.9 Å². The van der Waals surface area contributed by atoms with Crippen molar-refractivity contribution in [2.24, 2.45) is 10.3 Å². The summed E-state index contributed by atoms with van der Waals surface area (Å²) in [6.07, 6.45) is 0.896. The van der Waals surface area contributed by atoms with Gasteiger partial charge < -0.3 is 14.8 Å². The van der Waals surface area contributed by atoms with E-state index in [0.29, 0.717) is 18.0 Å². The van der Waals surface area contributed by atoms with Crippen molar-refractivity contribution < 1.29 is 14.8 Å². The summed E-state index contributed by atoms with van der Waals surface area (Å²) in [7, 11) is 1.47. The van der Waals surface area contributed by atoms with Crippen molar-refractivity contribution in [3.05, 3.63) is 29.8 Å². The molecule has 98 valence electrons. The third kappa shape index (κ3) is 4.08. The summed E-state index contributed by atoms with van der Waals surface area (Å²) in [6.45, 7) is 4.36. The Balaban J connectivity index is 2.92. The van der Waals surface area contributed by atoms with E-state index in [-0.39, 0.29) is 5.75 Å². The Labute approximate surface area is 107 Å². The second kappa shape index (κ2) is 7.32. The van der Waals surface area contributed by atoms with E-state index in [9.17, 15) is 5.11 Å². The Morgan fingerprint density at radius 3 is 2.44 bits per heavy atom. The van der Waals surface area contributed by atoms with Gasteiger partial charge >= 0.3 is 0 Å². The van der Waals surface area contributed by atoms with E-state index in [1.807, 2.05) is 6.92 Å². The van der Waals surface area contributed by atoms with Crippen LogP contribution < -0.4 is 0 Å². The lowest BCUT2D eigenvalue weighted by Crippen LogP contribution is -2.13. The van der Waals surface area contributed by atoms with Gasteiger partial charge in [-0.1, -0.05) is 17.2 Å². The topological polar surface area (TPSA) is 63.4 Å². The van der Waals surface area contributed by atoms with Crippen LogP contribution in [0.15, 0.2) is 34.6 Å². The highest BCUT2D eigenvalue weighted by Gasteiger charge is 2.09. The molecule has 0 saturated heterocycles. The molecule has 5 nitrogen and oxygen atoms in total. The molecule has 0 atom stereocenters. The number of aromatic hydroxyl groups is 1. The highest BCUT2D eigenvalue weighted by atomic mass is 16.6. The minimum Gasteiger partial charge on any atom is -0.508 e. The molecular weight excluding hydrogens is 232 g/mol. The number of benzene rings is 1. The zero-order valence-electron chi connectivity index (χ0n) is 10.9. The lowest BCUT2D eigenvalue weighted by Gasteiger charge is -2.05. The van der Waals surface area contributed by atoms with E-state index >= 15 is 0 Å². The maximum atomic E-state index is 9.25. The van der Waals surface area contributed by atoms with E-state index in [2.05, 4.69) is 10.3 Å². The van der Waals surface area contributed by atoms with Crippen LogP contribution in [0.3, 0.4) is 0 Å². The number of oxime groups is 2. The molecule has 18 heavy (non-hydrogen) atoms. The summed E-state index contributed by atoms with van der Waals surface area (Å²) in [4.78, 5) is 9.92. The fourth-order valence-electron chi connectivity index (χ4n) is 1.32. The number of hydrogen-bond acceptors (Lipinski definition) is 5. The predicted molar refractivity (Wildman–Crippen MR) is 71.0 cm³/mol. The van der Waals surface area contributed by atoms with Gasteiger partial charge in [-0.3, -0.25) is 0 Å². The summed E-state index contributed by atoms with van der Waals surface area (Å²) >= 11 is 0. The Morgan fingerprint density at radius 1 is 1.22 bits per heavy atom. The molecule has 0 aromatic heterocycles. The number of rotatable bonds is 6. The molecule has 0 radical (unpaired) electrons. The van der Waals surface area contributed by atoms with E-state index in [1.165, 1.54) is 7.11 Å². The fraction of sp³-hybridized carbons (Fsp3) is 0.385. The Bertz CT molecular complexity index is 424. The number of hydrogen-bond donors (Lipinski definition) is 1. The standard InChI is InChI=1S/C13H18N2O3/c1-4-9-18-14-10(2)13(15-17-3)11-5-7-12(16)8-6-11/h5-8,16H,4,9H2,1-3H3/b14-10+,15-13-. The van der Waals surface area contributed by atoms with Gasteiger partial charge in [0.25, 0.3) is 0 Å². The zero-order valence-corrected chi connectivity index (χ0v) is 10.9. The smallest absolute Gasteiger partial charge is 0.134 e. The van der Waals surface area contributed by atoms with Gasteiger partial charge in [0.15, 0.2) is 0 Å². The van der Waals surface area contributed by atoms with Gasteiger partial charge in [-0.2, -0.15) is 0 Å². The van der Waals surface area contributed by atoms with E-state index in [4.69, 9.17) is 9.68 Å². The molecule has 5 heteroatoms. The molecular formula is C13H18N2O3. The molecule has 1 aromatic rings. The van der Waals surface area contributed by atoms with Crippen molar-refractivity contribution in [3.63, 3.8) is 0 Å². The molecule has 0 bridgehead atoms. The van der Waals surface area contributed by atoms with Crippen LogP contribution in [-0.4, -0.2) is 30.2 Å². The summed E-state index contributed by atoms with van der Waals surface area (Å²) in [5.41, 5.74) is 2.00. The molecule has 1 rings (SSSR count). The number of phenols is 1. The molecule has 0 aliphatic rings. The first kappa shape index (κ1) is 14.0. The van der Waals surface area contributed by atoms with Crippen molar-refractivity contribution in [2.45, 2.75) is 20.3 Å². The SMILES string of the molecule is CCCO/N=C(C)/C(=N/OC)c1ccc(O)cc1. The molecule has 0 unspecified atom stereocenters. The first-order valence-electron chi connectivity index (χ1n) is 5.76. The summed E-state index contributed by atoms with van der Waals surface area (Å²) in [5, 5.41) is 17.2.